The number of fused-ring (bicyclic) bond motifs is 1. The van der Waals surface area contributed by atoms with Gasteiger partial charge >= 0.3 is 0 Å². The fraction of sp³-hybridized carbons (Fsp3) is 0.0909. The average molecular weight is 338 g/mol. The Labute approximate surface area is 120 Å². The number of halogens is 1. The molecule has 2 heterocycles. The van der Waals surface area contributed by atoms with E-state index >= 15 is 0 Å². The highest BCUT2D eigenvalue weighted by Gasteiger charge is 2.08. The molecular formula is C11H8BrN5OS. The summed E-state index contributed by atoms with van der Waals surface area (Å²) in [7, 11) is 0. The second-order valence-corrected chi connectivity index (χ2v) is 5.70. The van der Waals surface area contributed by atoms with Crippen molar-refractivity contribution < 1.29 is 4.79 Å². The second-order valence-electron chi connectivity index (χ2n) is 3.74. The molecule has 8 heteroatoms. The zero-order valence-electron chi connectivity index (χ0n) is 9.58. The van der Waals surface area contributed by atoms with E-state index in [1.54, 1.807) is 16.6 Å². The third-order valence-electron chi connectivity index (χ3n) is 2.44. The van der Waals surface area contributed by atoms with Crippen molar-refractivity contribution in [2.24, 2.45) is 0 Å². The van der Waals surface area contributed by atoms with Crippen LogP contribution in [0.5, 0.6) is 0 Å². The van der Waals surface area contributed by atoms with Crippen LogP contribution in [0, 0.1) is 0 Å². The molecule has 1 N–H and O–H groups in total. The average Bonchev–Trinajstić information content (AvgIpc) is 2.97. The lowest BCUT2D eigenvalue weighted by Gasteiger charge is -2.02. The van der Waals surface area contributed by atoms with E-state index in [2.05, 4.69) is 36.5 Å². The summed E-state index contributed by atoms with van der Waals surface area (Å²) in [6.45, 7) is 0.378. The molecule has 0 saturated heterocycles. The van der Waals surface area contributed by atoms with Crippen LogP contribution in [-0.2, 0) is 6.54 Å². The Kier molecular flexibility index (Phi) is 3.26. The molecule has 0 atom stereocenters. The van der Waals surface area contributed by atoms with Crippen molar-refractivity contribution >= 4 is 38.1 Å². The number of benzene rings is 1. The van der Waals surface area contributed by atoms with Crippen molar-refractivity contribution in [3.8, 4) is 0 Å². The summed E-state index contributed by atoms with van der Waals surface area (Å²) in [4.78, 5) is 12.6. The molecule has 19 heavy (non-hydrogen) atoms. The third-order valence-corrected chi connectivity index (χ3v) is 3.88. The van der Waals surface area contributed by atoms with E-state index in [0.717, 1.165) is 9.48 Å². The minimum absolute atomic E-state index is 0.126. The first-order valence-electron chi connectivity index (χ1n) is 5.42. The highest BCUT2D eigenvalue weighted by Crippen LogP contribution is 2.12. The Morgan fingerprint density at radius 2 is 2.16 bits per heavy atom. The quantitative estimate of drug-likeness (QED) is 0.791. The number of aromatic nitrogens is 4. The van der Waals surface area contributed by atoms with Gasteiger partial charge in [-0.15, -0.1) is 10.2 Å². The highest BCUT2D eigenvalue weighted by atomic mass is 79.9. The molecule has 0 bridgehead atoms. The van der Waals surface area contributed by atoms with E-state index in [1.165, 1.54) is 17.7 Å². The van der Waals surface area contributed by atoms with E-state index < -0.39 is 0 Å². The van der Waals surface area contributed by atoms with E-state index in [4.69, 9.17) is 0 Å². The monoisotopic (exact) mass is 337 g/mol. The fourth-order valence-electron chi connectivity index (χ4n) is 1.53. The summed E-state index contributed by atoms with van der Waals surface area (Å²) in [6, 6.07) is 7.19. The van der Waals surface area contributed by atoms with E-state index in [-0.39, 0.29) is 5.91 Å². The maximum atomic E-state index is 11.9. The van der Waals surface area contributed by atoms with Gasteiger partial charge in [0.15, 0.2) is 0 Å². The third kappa shape index (κ3) is 2.64. The molecule has 0 radical (unpaired) electrons. The van der Waals surface area contributed by atoms with Gasteiger partial charge in [-0.05, 0) is 24.3 Å². The van der Waals surface area contributed by atoms with Crippen LogP contribution in [-0.4, -0.2) is 25.7 Å². The van der Waals surface area contributed by atoms with E-state index in [1.807, 2.05) is 12.1 Å². The van der Waals surface area contributed by atoms with Crippen molar-refractivity contribution in [1.29, 1.82) is 0 Å². The predicted molar refractivity (Wildman–Crippen MR) is 74.0 cm³/mol. The van der Waals surface area contributed by atoms with Crippen LogP contribution in [0.15, 0.2) is 35.1 Å². The number of hydrogen-bond donors (Lipinski definition) is 1. The van der Waals surface area contributed by atoms with Gasteiger partial charge in [-0.2, -0.15) is 9.61 Å². The molecule has 0 saturated carbocycles. The minimum atomic E-state index is -0.126. The van der Waals surface area contributed by atoms with Crippen LogP contribution in [0.4, 0.5) is 0 Å². The van der Waals surface area contributed by atoms with Crippen molar-refractivity contribution in [2.45, 2.75) is 6.54 Å². The molecule has 96 valence electrons. The molecule has 3 aromatic rings. The summed E-state index contributed by atoms with van der Waals surface area (Å²) >= 11 is 4.73. The number of carbonyl (C=O) groups is 1. The molecule has 0 aliphatic carbocycles. The number of amides is 1. The summed E-state index contributed by atoms with van der Waals surface area (Å²) in [6.07, 6.45) is 1.53. The zero-order chi connectivity index (χ0) is 13.2. The van der Waals surface area contributed by atoms with Gasteiger partial charge in [-0.25, -0.2) is 0 Å². The van der Waals surface area contributed by atoms with Crippen LogP contribution in [0.3, 0.4) is 0 Å². The predicted octanol–water partition coefficient (Wildman–Crippen LogP) is 1.88. The van der Waals surface area contributed by atoms with Gasteiger partial charge in [0.05, 0.1) is 6.54 Å². The summed E-state index contributed by atoms with van der Waals surface area (Å²) < 4.78 is 2.53. The van der Waals surface area contributed by atoms with Crippen LogP contribution >= 0.6 is 27.3 Å². The van der Waals surface area contributed by atoms with Crippen LogP contribution in [0.1, 0.15) is 15.4 Å². The Bertz CT molecular complexity index is 692. The van der Waals surface area contributed by atoms with Gasteiger partial charge in [0, 0.05) is 10.0 Å². The maximum absolute atomic E-state index is 11.9. The van der Waals surface area contributed by atoms with Crippen molar-refractivity contribution in [3.05, 3.63) is 45.6 Å². The zero-order valence-corrected chi connectivity index (χ0v) is 12.0. The molecule has 0 aliphatic heterocycles. The Balaban J connectivity index is 1.67. The van der Waals surface area contributed by atoms with Gasteiger partial charge in [0.2, 0.25) is 4.96 Å². The largest absolute Gasteiger partial charge is 0.345 e. The lowest BCUT2D eigenvalue weighted by atomic mass is 10.2. The fourth-order valence-corrected chi connectivity index (χ4v) is 2.55. The number of rotatable bonds is 3. The molecule has 0 aliphatic rings. The Hall–Kier alpha value is -1.80. The standard InChI is InChI=1S/C11H8BrN5OS/c12-8-3-1-7(2-4-8)10(18)13-5-9-16-17-6-14-15-11(17)19-9/h1-4,6H,5H2,(H,13,18). The Morgan fingerprint density at radius 3 is 2.89 bits per heavy atom. The van der Waals surface area contributed by atoms with Gasteiger partial charge in [-0.3, -0.25) is 4.79 Å². The molecule has 2 aromatic heterocycles. The van der Waals surface area contributed by atoms with E-state index in [0.29, 0.717) is 17.1 Å². The number of nitrogens with zero attached hydrogens (tertiary/aromatic N) is 4. The first kappa shape index (κ1) is 12.2. The Morgan fingerprint density at radius 1 is 1.37 bits per heavy atom. The summed E-state index contributed by atoms with van der Waals surface area (Å²) in [5, 5.41) is 15.5. The topological polar surface area (TPSA) is 72.2 Å². The second kappa shape index (κ2) is 5.06. The molecule has 0 fully saturated rings. The van der Waals surface area contributed by atoms with Gasteiger partial charge in [0.1, 0.15) is 11.3 Å². The number of hydrogen-bond acceptors (Lipinski definition) is 5. The molecule has 6 nitrogen and oxygen atoms in total. The molecule has 1 aromatic carbocycles. The first-order valence-corrected chi connectivity index (χ1v) is 7.03. The minimum Gasteiger partial charge on any atom is -0.345 e. The highest BCUT2D eigenvalue weighted by molar-refractivity contribution is 9.10. The van der Waals surface area contributed by atoms with Crippen LogP contribution < -0.4 is 5.32 Å². The maximum Gasteiger partial charge on any atom is 0.251 e. The van der Waals surface area contributed by atoms with Crippen molar-refractivity contribution in [3.63, 3.8) is 0 Å². The van der Waals surface area contributed by atoms with E-state index in [9.17, 15) is 4.79 Å². The summed E-state index contributed by atoms with van der Waals surface area (Å²) in [5.41, 5.74) is 0.617. The number of nitrogens with one attached hydrogen (secondary N) is 1. The molecule has 0 unspecified atom stereocenters. The van der Waals surface area contributed by atoms with Gasteiger partial charge < -0.3 is 5.32 Å². The van der Waals surface area contributed by atoms with Gasteiger partial charge in [-0.1, -0.05) is 27.3 Å². The van der Waals surface area contributed by atoms with Crippen LogP contribution in [0.25, 0.3) is 4.96 Å². The lowest BCUT2D eigenvalue weighted by Crippen LogP contribution is -2.22. The lowest BCUT2D eigenvalue weighted by molar-refractivity contribution is 0.0951. The molecule has 1 amide bonds. The molecule has 0 spiro atoms. The van der Waals surface area contributed by atoms with Crippen molar-refractivity contribution in [2.75, 3.05) is 0 Å². The number of carbonyl (C=O) groups excluding carboxylic acids is 1. The van der Waals surface area contributed by atoms with Crippen molar-refractivity contribution in [1.82, 2.24) is 25.1 Å². The smallest absolute Gasteiger partial charge is 0.251 e. The molecular weight excluding hydrogens is 330 g/mol. The normalized spacial score (nSPS) is 10.8. The first-order chi connectivity index (χ1) is 9.22. The van der Waals surface area contributed by atoms with Gasteiger partial charge in [0.25, 0.3) is 5.91 Å². The SMILES string of the molecule is O=C(NCc1nn2cnnc2s1)c1ccc(Br)cc1. The summed E-state index contributed by atoms with van der Waals surface area (Å²) in [5.74, 6) is -0.126. The van der Waals surface area contributed by atoms with Crippen LogP contribution in [0.2, 0.25) is 0 Å². The molecule has 3 rings (SSSR count).